The highest BCUT2D eigenvalue weighted by Crippen LogP contribution is 2.18. The van der Waals surface area contributed by atoms with E-state index in [1.54, 1.807) is 12.1 Å². The molecule has 5 nitrogen and oxygen atoms in total. The molecule has 1 aliphatic rings. The fourth-order valence-electron chi connectivity index (χ4n) is 2.18. The maximum Gasteiger partial charge on any atom is 0.170 e. The van der Waals surface area contributed by atoms with Gasteiger partial charge in [0.15, 0.2) is 5.84 Å². The van der Waals surface area contributed by atoms with Crippen LogP contribution in [0.15, 0.2) is 29.4 Å². The Morgan fingerprint density at radius 2 is 2.42 bits per heavy atom. The first-order valence-electron chi connectivity index (χ1n) is 6.62. The summed E-state index contributed by atoms with van der Waals surface area (Å²) in [5, 5.41) is 11.6. The van der Waals surface area contributed by atoms with E-state index in [4.69, 9.17) is 20.4 Å². The molecule has 104 valence electrons. The molecule has 0 aliphatic carbocycles. The van der Waals surface area contributed by atoms with Crippen molar-refractivity contribution in [2.75, 3.05) is 13.2 Å². The van der Waals surface area contributed by atoms with Crippen molar-refractivity contribution in [2.45, 2.75) is 31.8 Å². The average Bonchev–Trinajstić information content (AvgIpc) is 2.96. The summed E-state index contributed by atoms with van der Waals surface area (Å²) in [5.74, 6) is 0.821. The van der Waals surface area contributed by atoms with Crippen molar-refractivity contribution < 1.29 is 14.7 Å². The first kappa shape index (κ1) is 13.7. The molecular formula is C14H20N2O3. The Morgan fingerprint density at radius 1 is 1.53 bits per heavy atom. The van der Waals surface area contributed by atoms with Crippen LogP contribution in [0.2, 0.25) is 0 Å². The second-order valence-corrected chi connectivity index (χ2v) is 4.64. The number of benzene rings is 1. The zero-order valence-electron chi connectivity index (χ0n) is 10.9. The zero-order chi connectivity index (χ0) is 13.5. The topological polar surface area (TPSA) is 77.1 Å². The Bertz CT molecular complexity index is 428. The lowest BCUT2D eigenvalue weighted by Gasteiger charge is -2.10. The van der Waals surface area contributed by atoms with Gasteiger partial charge in [0.25, 0.3) is 0 Å². The molecule has 0 aromatic heterocycles. The third kappa shape index (κ3) is 4.13. The van der Waals surface area contributed by atoms with Gasteiger partial charge in [-0.05, 0) is 37.8 Å². The van der Waals surface area contributed by atoms with Gasteiger partial charge in [-0.25, -0.2) is 0 Å². The van der Waals surface area contributed by atoms with Crippen molar-refractivity contribution >= 4 is 5.84 Å². The van der Waals surface area contributed by atoms with Crippen LogP contribution in [-0.2, 0) is 4.74 Å². The van der Waals surface area contributed by atoms with Gasteiger partial charge < -0.3 is 20.4 Å². The molecule has 2 rings (SSSR count). The van der Waals surface area contributed by atoms with Crippen molar-refractivity contribution in [1.82, 2.24) is 0 Å². The first-order chi connectivity index (χ1) is 9.29. The van der Waals surface area contributed by atoms with Gasteiger partial charge in [-0.1, -0.05) is 17.3 Å². The molecule has 1 saturated heterocycles. The van der Waals surface area contributed by atoms with Crippen LogP contribution in [0, 0.1) is 0 Å². The molecule has 1 unspecified atom stereocenters. The lowest BCUT2D eigenvalue weighted by atomic mass is 10.1. The number of nitrogens with zero attached hydrogens (tertiary/aromatic N) is 1. The zero-order valence-corrected chi connectivity index (χ0v) is 10.9. The summed E-state index contributed by atoms with van der Waals surface area (Å²) in [6.07, 6.45) is 4.76. The van der Waals surface area contributed by atoms with Gasteiger partial charge in [0, 0.05) is 12.2 Å². The second-order valence-electron chi connectivity index (χ2n) is 4.64. The quantitative estimate of drug-likeness (QED) is 0.271. The molecule has 3 N–H and O–H groups in total. The Labute approximate surface area is 113 Å². The van der Waals surface area contributed by atoms with Crippen molar-refractivity contribution in [3.05, 3.63) is 29.8 Å². The molecule has 1 fully saturated rings. The third-order valence-electron chi connectivity index (χ3n) is 3.20. The molecule has 19 heavy (non-hydrogen) atoms. The maximum absolute atomic E-state index is 8.62. The Balaban J connectivity index is 1.76. The average molecular weight is 264 g/mol. The minimum atomic E-state index is 0.0878. The number of hydrogen-bond acceptors (Lipinski definition) is 4. The van der Waals surface area contributed by atoms with Crippen LogP contribution in [-0.4, -0.2) is 30.4 Å². The Morgan fingerprint density at radius 3 is 3.16 bits per heavy atom. The fourth-order valence-corrected chi connectivity index (χ4v) is 2.18. The van der Waals surface area contributed by atoms with E-state index in [-0.39, 0.29) is 5.84 Å². The van der Waals surface area contributed by atoms with Gasteiger partial charge in [-0.15, -0.1) is 0 Å². The normalized spacial score (nSPS) is 19.6. The van der Waals surface area contributed by atoms with Gasteiger partial charge in [-0.3, -0.25) is 0 Å². The van der Waals surface area contributed by atoms with Crippen LogP contribution in [0.4, 0.5) is 0 Å². The molecule has 0 amide bonds. The summed E-state index contributed by atoms with van der Waals surface area (Å²) in [4.78, 5) is 0. The van der Waals surface area contributed by atoms with Crippen molar-refractivity contribution in [3.63, 3.8) is 0 Å². The molecule has 0 radical (unpaired) electrons. The molecular weight excluding hydrogens is 244 g/mol. The van der Waals surface area contributed by atoms with E-state index in [9.17, 15) is 0 Å². The molecule has 1 aliphatic heterocycles. The van der Waals surface area contributed by atoms with E-state index in [1.165, 1.54) is 12.8 Å². The predicted molar refractivity (Wildman–Crippen MR) is 72.7 cm³/mol. The van der Waals surface area contributed by atoms with Gasteiger partial charge >= 0.3 is 0 Å². The van der Waals surface area contributed by atoms with Crippen LogP contribution in [0.1, 0.15) is 31.2 Å². The highest BCUT2D eigenvalue weighted by Gasteiger charge is 2.14. The minimum absolute atomic E-state index is 0.0878. The first-order valence-corrected chi connectivity index (χ1v) is 6.62. The lowest BCUT2D eigenvalue weighted by Crippen LogP contribution is -2.13. The molecule has 1 heterocycles. The monoisotopic (exact) mass is 264 g/mol. The maximum atomic E-state index is 8.62. The molecule has 0 bridgehead atoms. The SMILES string of the molecule is NC(=NO)c1cccc(OCCCC2CCCO2)c1. The highest BCUT2D eigenvalue weighted by molar-refractivity contribution is 5.97. The standard InChI is InChI=1S/C14H20N2O3/c15-14(16-17)11-4-1-5-13(10-11)19-9-3-7-12-6-2-8-18-12/h1,4-5,10,12,17H,2-3,6-9H2,(H2,15,16). The van der Waals surface area contributed by atoms with Crippen LogP contribution in [0.5, 0.6) is 5.75 Å². The van der Waals surface area contributed by atoms with E-state index in [1.807, 2.05) is 12.1 Å². The highest BCUT2D eigenvalue weighted by atomic mass is 16.5. The van der Waals surface area contributed by atoms with Crippen LogP contribution in [0.3, 0.4) is 0 Å². The van der Waals surface area contributed by atoms with Crippen molar-refractivity contribution in [2.24, 2.45) is 10.9 Å². The lowest BCUT2D eigenvalue weighted by molar-refractivity contribution is 0.0981. The number of rotatable bonds is 6. The van der Waals surface area contributed by atoms with E-state index >= 15 is 0 Å². The van der Waals surface area contributed by atoms with Crippen LogP contribution < -0.4 is 10.5 Å². The summed E-state index contributed by atoms with van der Waals surface area (Å²) < 4.78 is 11.2. The molecule has 1 aromatic carbocycles. The third-order valence-corrected chi connectivity index (χ3v) is 3.20. The van der Waals surface area contributed by atoms with E-state index in [2.05, 4.69) is 5.16 Å². The smallest absolute Gasteiger partial charge is 0.170 e. The van der Waals surface area contributed by atoms with Crippen molar-refractivity contribution in [3.8, 4) is 5.75 Å². The Kier molecular flexibility index (Phi) is 5.03. The van der Waals surface area contributed by atoms with E-state index in [0.717, 1.165) is 25.2 Å². The molecule has 0 spiro atoms. The number of nitrogens with two attached hydrogens (primary N) is 1. The van der Waals surface area contributed by atoms with Crippen LogP contribution in [0.25, 0.3) is 0 Å². The van der Waals surface area contributed by atoms with Crippen LogP contribution >= 0.6 is 0 Å². The fraction of sp³-hybridized carbons (Fsp3) is 0.500. The summed E-state index contributed by atoms with van der Waals surface area (Å²) in [5.41, 5.74) is 6.18. The van der Waals surface area contributed by atoms with E-state index in [0.29, 0.717) is 18.3 Å². The predicted octanol–water partition coefficient (Wildman–Crippen LogP) is 2.12. The van der Waals surface area contributed by atoms with Gasteiger partial charge in [-0.2, -0.15) is 0 Å². The summed E-state index contributed by atoms with van der Waals surface area (Å²) in [6.45, 7) is 1.55. The molecule has 1 aromatic rings. The summed E-state index contributed by atoms with van der Waals surface area (Å²) in [6, 6.07) is 7.22. The van der Waals surface area contributed by atoms with Gasteiger partial charge in [0.1, 0.15) is 5.75 Å². The largest absolute Gasteiger partial charge is 0.494 e. The van der Waals surface area contributed by atoms with E-state index < -0.39 is 0 Å². The summed E-state index contributed by atoms with van der Waals surface area (Å²) in [7, 11) is 0. The number of oxime groups is 1. The minimum Gasteiger partial charge on any atom is -0.494 e. The molecule has 5 heteroatoms. The molecule has 1 atom stereocenters. The van der Waals surface area contributed by atoms with Gasteiger partial charge in [0.05, 0.1) is 12.7 Å². The number of amidine groups is 1. The summed E-state index contributed by atoms with van der Waals surface area (Å²) >= 11 is 0. The second kappa shape index (κ2) is 6.99. The number of ether oxygens (including phenoxy) is 2. The Hall–Kier alpha value is -1.75. The van der Waals surface area contributed by atoms with Gasteiger partial charge in [0.2, 0.25) is 0 Å². The number of hydrogen-bond donors (Lipinski definition) is 2. The molecule has 0 saturated carbocycles. The van der Waals surface area contributed by atoms with Crippen molar-refractivity contribution in [1.29, 1.82) is 0 Å².